The van der Waals surface area contributed by atoms with Crippen LogP contribution in [0.5, 0.6) is 11.5 Å². The maximum absolute atomic E-state index is 13.8. The average molecular weight is 561 g/mol. The summed E-state index contributed by atoms with van der Waals surface area (Å²) in [6.45, 7) is 10.7. The summed E-state index contributed by atoms with van der Waals surface area (Å²) in [4.78, 5) is 52.7. The van der Waals surface area contributed by atoms with Crippen LogP contribution in [0.15, 0.2) is 16.6 Å². The number of carbonyl (C=O) groups is 4. The van der Waals surface area contributed by atoms with E-state index >= 15 is 0 Å². The summed E-state index contributed by atoms with van der Waals surface area (Å²) in [5.74, 6) is -1.62. The van der Waals surface area contributed by atoms with Gasteiger partial charge in [-0.15, -0.1) is 0 Å². The number of rotatable bonds is 6. The molecule has 0 radical (unpaired) electrons. The van der Waals surface area contributed by atoms with Crippen LogP contribution in [0.4, 0.5) is 9.59 Å². The lowest BCUT2D eigenvalue weighted by molar-refractivity contribution is -0.152. The molecule has 0 unspecified atom stereocenters. The van der Waals surface area contributed by atoms with Crippen molar-refractivity contribution in [3.63, 3.8) is 0 Å². The van der Waals surface area contributed by atoms with Gasteiger partial charge in [0.25, 0.3) is 0 Å². The number of ether oxygens (including phenoxy) is 5. The fourth-order valence-electron chi connectivity index (χ4n) is 2.81. The fourth-order valence-corrected chi connectivity index (χ4v) is 3.36. The van der Waals surface area contributed by atoms with Gasteiger partial charge in [-0.2, -0.15) is 5.01 Å². The molecule has 1 aromatic rings. The number of carbonyl (C=O) groups excluding carboxylic acids is 4. The first-order chi connectivity index (χ1) is 15.9. The number of nitrogens with one attached hydrogen (secondary N) is 1. The number of Topliss-reactive ketones (excluding diaryl/α,β-unsaturated/α-hetero) is 1. The Labute approximate surface area is 213 Å². The van der Waals surface area contributed by atoms with Crippen molar-refractivity contribution < 1.29 is 42.9 Å². The smallest absolute Gasteiger partial charge is 0.430 e. The molecule has 0 bridgehead atoms. The van der Waals surface area contributed by atoms with Crippen molar-refractivity contribution in [3.8, 4) is 11.5 Å². The molecule has 0 spiro atoms. The molecule has 1 aromatic carbocycles. The maximum atomic E-state index is 13.8. The zero-order valence-corrected chi connectivity index (χ0v) is 23.2. The quantitative estimate of drug-likeness (QED) is 0.178. The van der Waals surface area contributed by atoms with Gasteiger partial charge >= 0.3 is 18.2 Å². The van der Waals surface area contributed by atoms with Crippen molar-refractivity contribution in [1.29, 1.82) is 0 Å². The van der Waals surface area contributed by atoms with Crippen LogP contribution in [-0.4, -0.2) is 67.0 Å². The van der Waals surface area contributed by atoms with Crippen LogP contribution >= 0.6 is 15.9 Å². The highest BCUT2D eigenvalue weighted by molar-refractivity contribution is 9.10. The van der Waals surface area contributed by atoms with Gasteiger partial charge in [-0.25, -0.2) is 19.8 Å². The Bertz CT molecular complexity index is 957. The molecule has 0 aliphatic heterocycles. The Morgan fingerprint density at radius 1 is 0.829 bits per heavy atom. The van der Waals surface area contributed by atoms with Crippen molar-refractivity contribution in [1.82, 2.24) is 10.4 Å². The Morgan fingerprint density at radius 2 is 1.29 bits per heavy atom. The molecule has 0 aliphatic rings. The summed E-state index contributed by atoms with van der Waals surface area (Å²) in [6.07, 6.45) is -2.29. The number of esters is 1. The van der Waals surface area contributed by atoms with Gasteiger partial charge in [-0.1, -0.05) is 0 Å². The summed E-state index contributed by atoms with van der Waals surface area (Å²) in [5, 5.41) is 0.460. The van der Waals surface area contributed by atoms with Gasteiger partial charge in [-0.05, 0) is 76.5 Å². The van der Waals surface area contributed by atoms with Crippen LogP contribution < -0.4 is 14.9 Å². The highest BCUT2D eigenvalue weighted by Crippen LogP contribution is 2.37. The Kier molecular flexibility index (Phi) is 9.56. The largest absolute Gasteiger partial charge is 0.495 e. The zero-order valence-electron chi connectivity index (χ0n) is 21.7. The van der Waals surface area contributed by atoms with Crippen LogP contribution in [0.3, 0.4) is 0 Å². The van der Waals surface area contributed by atoms with E-state index in [2.05, 4.69) is 21.4 Å². The molecule has 35 heavy (non-hydrogen) atoms. The molecule has 0 fully saturated rings. The van der Waals surface area contributed by atoms with E-state index in [1.165, 1.54) is 26.4 Å². The van der Waals surface area contributed by atoms with E-state index in [1.54, 1.807) is 41.5 Å². The number of hydrazine groups is 1. The van der Waals surface area contributed by atoms with Crippen molar-refractivity contribution in [2.75, 3.05) is 21.3 Å². The monoisotopic (exact) mass is 560 g/mol. The highest BCUT2D eigenvalue weighted by atomic mass is 79.9. The lowest BCUT2D eigenvalue weighted by Crippen LogP contribution is -2.67. The van der Waals surface area contributed by atoms with Gasteiger partial charge in [0, 0.05) is 5.56 Å². The van der Waals surface area contributed by atoms with E-state index in [0.29, 0.717) is 9.48 Å². The van der Waals surface area contributed by atoms with Crippen molar-refractivity contribution in [2.24, 2.45) is 0 Å². The van der Waals surface area contributed by atoms with Gasteiger partial charge in [0.2, 0.25) is 11.3 Å². The molecular formula is C23H33BrN2O9. The standard InChI is InChI=1S/C23H33BrN2O9/c1-21(2,3)34-19(29)25-26(20(30)35-22(4,5)6)23(7,18(28)33-10)17(27)13-11-14(31-8)16(24)15(12-13)32-9/h11-12H,1-10H3,(H,25,29)/t23-/m0/s1. The van der Waals surface area contributed by atoms with Gasteiger partial charge in [-0.3, -0.25) is 4.79 Å². The minimum atomic E-state index is -2.42. The second kappa shape index (κ2) is 11.1. The SMILES string of the molecule is COC(=O)[C@](C)(C(=O)c1cc(OC)c(Br)c(OC)c1)N(NC(=O)OC(C)(C)C)C(=O)OC(C)(C)C. The van der Waals surface area contributed by atoms with E-state index in [-0.39, 0.29) is 17.1 Å². The van der Waals surface area contributed by atoms with E-state index in [9.17, 15) is 19.2 Å². The molecule has 0 aliphatic carbocycles. The normalized spacial score (nSPS) is 13.1. The van der Waals surface area contributed by atoms with E-state index < -0.39 is 40.7 Å². The Hall–Kier alpha value is -3.02. The molecule has 12 heteroatoms. The van der Waals surface area contributed by atoms with E-state index in [4.69, 9.17) is 23.7 Å². The number of halogens is 1. The highest BCUT2D eigenvalue weighted by Gasteiger charge is 2.53. The first-order valence-electron chi connectivity index (χ1n) is 10.5. The third-order valence-electron chi connectivity index (χ3n) is 4.36. The second-order valence-corrected chi connectivity index (χ2v) is 10.3. The maximum Gasteiger partial charge on any atom is 0.430 e. The van der Waals surface area contributed by atoms with Crippen molar-refractivity contribution >= 4 is 39.9 Å². The van der Waals surface area contributed by atoms with Crippen LogP contribution in [0.1, 0.15) is 58.8 Å². The number of hydrogen-bond acceptors (Lipinski definition) is 9. The van der Waals surface area contributed by atoms with Gasteiger partial charge < -0.3 is 23.7 Å². The predicted molar refractivity (Wildman–Crippen MR) is 129 cm³/mol. The lowest BCUT2D eigenvalue weighted by atomic mass is 9.90. The molecule has 0 saturated heterocycles. The van der Waals surface area contributed by atoms with Crippen LogP contribution in [-0.2, 0) is 19.0 Å². The molecule has 2 amide bonds. The van der Waals surface area contributed by atoms with Gasteiger partial charge in [0.15, 0.2) is 0 Å². The summed E-state index contributed by atoms with van der Waals surface area (Å²) in [5.41, 5.74) is -2.29. The number of hydrogen-bond donors (Lipinski definition) is 1. The molecule has 0 aromatic heterocycles. The van der Waals surface area contributed by atoms with Crippen LogP contribution in [0.25, 0.3) is 0 Å². The number of ketones is 1. The van der Waals surface area contributed by atoms with Crippen LogP contribution in [0.2, 0.25) is 0 Å². The molecule has 1 atom stereocenters. The summed E-state index contributed by atoms with van der Waals surface area (Å²) < 4.78 is 26.4. The van der Waals surface area contributed by atoms with E-state index in [1.807, 2.05) is 0 Å². The Morgan fingerprint density at radius 3 is 1.66 bits per heavy atom. The molecule has 196 valence electrons. The van der Waals surface area contributed by atoms with E-state index in [0.717, 1.165) is 14.0 Å². The fraction of sp³-hybridized carbons (Fsp3) is 0.565. The summed E-state index contributed by atoms with van der Waals surface area (Å²) in [7, 11) is 3.80. The second-order valence-electron chi connectivity index (χ2n) is 9.52. The lowest BCUT2D eigenvalue weighted by Gasteiger charge is -2.38. The predicted octanol–water partition coefficient (Wildman–Crippen LogP) is 4.26. The molecule has 0 saturated carbocycles. The first kappa shape index (κ1) is 30.0. The summed E-state index contributed by atoms with van der Waals surface area (Å²) in [6, 6.07) is 2.69. The van der Waals surface area contributed by atoms with Gasteiger partial charge in [0.05, 0.1) is 21.3 Å². The first-order valence-corrected chi connectivity index (χ1v) is 11.3. The molecule has 1 N–H and O–H groups in total. The third-order valence-corrected chi connectivity index (χ3v) is 5.14. The Balaban J connectivity index is 3.75. The third kappa shape index (κ3) is 7.48. The number of nitrogens with zero attached hydrogens (tertiary/aromatic N) is 1. The number of amides is 2. The number of methoxy groups -OCH3 is 3. The van der Waals surface area contributed by atoms with Crippen molar-refractivity contribution in [3.05, 3.63) is 22.2 Å². The average Bonchev–Trinajstić information content (AvgIpc) is 2.73. The molecule has 11 nitrogen and oxygen atoms in total. The molecular weight excluding hydrogens is 528 g/mol. The zero-order chi connectivity index (χ0) is 27.4. The molecule has 1 rings (SSSR count). The van der Waals surface area contributed by atoms with Crippen LogP contribution in [0, 0.1) is 0 Å². The van der Waals surface area contributed by atoms with Gasteiger partial charge in [0.1, 0.15) is 27.2 Å². The molecule has 0 heterocycles. The van der Waals surface area contributed by atoms with Crippen molar-refractivity contribution in [2.45, 2.75) is 65.2 Å². The topological polar surface area (TPSA) is 130 Å². The number of benzene rings is 1. The minimum absolute atomic E-state index is 0.0747. The minimum Gasteiger partial charge on any atom is -0.495 e. The summed E-state index contributed by atoms with van der Waals surface area (Å²) >= 11 is 3.31.